The first-order chi connectivity index (χ1) is 8.00. The summed E-state index contributed by atoms with van der Waals surface area (Å²) in [5.41, 5.74) is 2.20. The summed E-state index contributed by atoms with van der Waals surface area (Å²) in [7, 11) is 0. The largest absolute Gasteiger partial charge is 0.387 e. The van der Waals surface area contributed by atoms with Crippen LogP contribution in [-0.2, 0) is 0 Å². The zero-order chi connectivity index (χ0) is 12.8. The number of halogens is 1. The summed E-state index contributed by atoms with van der Waals surface area (Å²) in [5, 5.41) is 13.5. The van der Waals surface area contributed by atoms with E-state index in [0.29, 0.717) is 24.0 Å². The third-order valence-corrected chi connectivity index (χ3v) is 2.78. The molecule has 0 saturated heterocycles. The molecule has 1 atom stereocenters. The van der Waals surface area contributed by atoms with Crippen LogP contribution < -0.4 is 5.32 Å². The van der Waals surface area contributed by atoms with Crippen molar-refractivity contribution in [3.05, 3.63) is 47.0 Å². The number of nitrogens with one attached hydrogen (secondary N) is 1. The van der Waals surface area contributed by atoms with E-state index in [4.69, 9.17) is 11.6 Å². The molecule has 0 aromatic heterocycles. The molecule has 17 heavy (non-hydrogen) atoms. The molecule has 0 amide bonds. The molecule has 0 aliphatic carbocycles. The maximum atomic E-state index is 9.93. The summed E-state index contributed by atoms with van der Waals surface area (Å²) >= 11 is 5.62. The number of aliphatic hydroxyl groups excluding tert-OH is 1. The molecule has 0 aliphatic heterocycles. The van der Waals surface area contributed by atoms with Gasteiger partial charge in [-0.25, -0.2) is 0 Å². The summed E-state index contributed by atoms with van der Waals surface area (Å²) in [6.07, 6.45) is -0.507. The second kappa shape index (κ2) is 6.80. The van der Waals surface area contributed by atoms with Crippen LogP contribution in [0.15, 0.2) is 35.9 Å². The van der Waals surface area contributed by atoms with Gasteiger partial charge in [0.05, 0.1) is 6.10 Å². The van der Waals surface area contributed by atoms with E-state index in [2.05, 4.69) is 37.9 Å². The number of aliphatic hydroxyl groups is 1. The molecule has 1 aromatic carbocycles. The molecule has 0 saturated carbocycles. The topological polar surface area (TPSA) is 32.3 Å². The molecule has 0 spiro atoms. The Kier molecular flexibility index (Phi) is 5.69. The fourth-order valence-electron chi connectivity index (χ4n) is 1.57. The van der Waals surface area contributed by atoms with E-state index >= 15 is 0 Å². The number of benzene rings is 1. The van der Waals surface area contributed by atoms with Gasteiger partial charge in [-0.1, -0.05) is 56.3 Å². The average Bonchev–Trinajstić information content (AvgIpc) is 2.28. The highest BCUT2D eigenvalue weighted by atomic mass is 35.5. The first kappa shape index (κ1) is 14.2. The van der Waals surface area contributed by atoms with Crippen molar-refractivity contribution in [3.63, 3.8) is 0 Å². The van der Waals surface area contributed by atoms with Crippen molar-refractivity contribution in [2.75, 3.05) is 13.1 Å². The molecule has 1 unspecified atom stereocenters. The molecular formula is C14H20ClNO. The van der Waals surface area contributed by atoms with E-state index in [9.17, 15) is 5.11 Å². The van der Waals surface area contributed by atoms with E-state index in [1.165, 1.54) is 5.56 Å². The summed E-state index contributed by atoms with van der Waals surface area (Å²) in [6.45, 7) is 8.88. The van der Waals surface area contributed by atoms with Gasteiger partial charge in [0.25, 0.3) is 0 Å². The van der Waals surface area contributed by atoms with Crippen LogP contribution in [0.1, 0.15) is 37.0 Å². The van der Waals surface area contributed by atoms with Crippen LogP contribution in [0.25, 0.3) is 0 Å². The van der Waals surface area contributed by atoms with Crippen LogP contribution in [0.3, 0.4) is 0 Å². The lowest BCUT2D eigenvalue weighted by Gasteiger charge is -2.13. The molecule has 1 rings (SSSR count). The number of hydrogen-bond acceptors (Lipinski definition) is 2. The summed E-state index contributed by atoms with van der Waals surface area (Å²) < 4.78 is 0. The lowest BCUT2D eigenvalue weighted by Crippen LogP contribution is -2.22. The molecule has 94 valence electrons. The summed E-state index contributed by atoms with van der Waals surface area (Å²) in [4.78, 5) is 0. The Morgan fingerprint density at radius 3 is 2.29 bits per heavy atom. The van der Waals surface area contributed by atoms with Gasteiger partial charge in [0, 0.05) is 18.1 Å². The maximum absolute atomic E-state index is 9.93. The van der Waals surface area contributed by atoms with Crippen LogP contribution in [0.2, 0.25) is 0 Å². The van der Waals surface area contributed by atoms with Gasteiger partial charge in [0.15, 0.2) is 0 Å². The molecule has 0 radical (unpaired) electrons. The van der Waals surface area contributed by atoms with Crippen molar-refractivity contribution in [1.29, 1.82) is 0 Å². The molecule has 1 aromatic rings. The van der Waals surface area contributed by atoms with Gasteiger partial charge < -0.3 is 10.4 Å². The monoisotopic (exact) mass is 253 g/mol. The minimum atomic E-state index is -0.507. The third kappa shape index (κ3) is 4.90. The standard InChI is InChI=1S/C14H20ClNO/c1-10(2)12-4-6-13(7-5-12)14(17)9-16-8-11(3)15/h4-7,10,14,16-17H,3,8-9H2,1-2H3. The Morgan fingerprint density at radius 2 is 1.82 bits per heavy atom. The molecule has 2 nitrogen and oxygen atoms in total. The molecule has 2 N–H and O–H groups in total. The van der Waals surface area contributed by atoms with Gasteiger partial charge in [-0.2, -0.15) is 0 Å². The second-order valence-electron chi connectivity index (χ2n) is 4.49. The zero-order valence-corrected chi connectivity index (χ0v) is 11.2. The van der Waals surface area contributed by atoms with Gasteiger partial charge in [0.1, 0.15) is 0 Å². The fraction of sp³-hybridized carbons (Fsp3) is 0.429. The van der Waals surface area contributed by atoms with Crippen molar-refractivity contribution >= 4 is 11.6 Å². The maximum Gasteiger partial charge on any atom is 0.0914 e. The van der Waals surface area contributed by atoms with Crippen molar-refractivity contribution in [2.24, 2.45) is 0 Å². The predicted molar refractivity (Wildman–Crippen MR) is 73.4 cm³/mol. The Bertz CT molecular complexity index is 359. The molecule has 0 aliphatic rings. The van der Waals surface area contributed by atoms with Crippen LogP contribution in [0.5, 0.6) is 0 Å². The quantitative estimate of drug-likeness (QED) is 0.816. The first-order valence-electron chi connectivity index (χ1n) is 5.82. The van der Waals surface area contributed by atoms with Gasteiger partial charge in [-0.15, -0.1) is 0 Å². The minimum absolute atomic E-state index is 0.479. The van der Waals surface area contributed by atoms with E-state index < -0.39 is 6.10 Å². The Balaban J connectivity index is 2.51. The smallest absolute Gasteiger partial charge is 0.0914 e. The highest BCUT2D eigenvalue weighted by Gasteiger charge is 2.07. The first-order valence-corrected chi connectivity index (χ1v) is 6.20. The molecule has 3 heteroatoms. The van der Waals surface area contributed by atoms with Crippen LogP contribution in [0.4, 0.5) is 0 Å². The summed E-state index contributed by atoms with van der Waals surface area (Å²) in [6, 6.07) is 8.06. The van der Waals surface area contributed by atoms with E-state index in [0.717, 1.165) is 5.56 Å². The Morgan fingerprint density at radius 1 is 1.29 bits per heavy atom. The van der Waals surface area contributed by atoms with Crippen molar-refractivity contribution in [3.8, 4) is 0 Å². The average molecular weight is 254 g/mol. The second-order valence-corrected chi connectivity index (χ2v) is 5.02. The summed E-state index contributed by atoms with van der Waals surface area (Å²) in [5.74, 6) is 0.513. The van der Waals surface area contributed by atoms with Crippen molar-refractivity contribution in [2.45, 2.75) is 25.9 Å². The van der Waals surface area contributed by atoms with Crippen LogP contribution >= 0.6 is 11.6 Å². The zero-order valence-electron chi connectivity index (χ0n) is 10.4. The van der Waals surface area contributed by atoms with Gasteiger partial charge in [-0.3, -0.25) is 0 Å². The van der Waals surface area contributed by atoms with E-state index in [1.54, 1.807) is 0 Å². The van der Waals surface area contributed by atoms with Gasteiger partial charge in [-0.05, 0) is 17.0 Å². The lowest BCUT2D eigenvalue weighted by atomic mass is 10.00. The number of rotatable bonds is 6. The van der Waals surface area contributed by atoms with Crippen molar-refractivity contribution in [1.82, 2.24) is 5.32 Å². The lowest BCUT2D eigenvalue weighted by molar-refractivity contribution is 0.176. The van der Waals surface area contributed by atoms with Gasteiger partial charge >= 0.3 is 0 Å². The van der Waals surface area contributed by atoms with Gasteiger partial charge in [0.2, 0.25) is 0 Å². The predicted octanol–water partition coefficient (Wildman–Crippen LogP) is 3.19. The molecule has 0 heterocycles. The number of hydrogen-bond donors (Lipinski definition) is 2. The Hall–Kier alpha value is -0.830. The van der Waals surface area contributed by atoms with E-state index in [-0.39, 0.29) is 0 Å². The molecule has 0 bridgehead atoms. The fourth-order valence-corrected chi connectivity index (χ4v) is 1.66. The highest BCUT2D eigenvalue weighted by Crippen LogP contribution is 2.18. The van der Waals surface area contributed by atoms with Crippen LogP contribution in [0, 0.1) is 0 Å². The molecule has 0 fully saturated rings. The van der Waals surface area contributed by atoms with E-state index in [1.807, 2.05) is 12.1 Å². The van der Waals surface area contributed by atoms with Crippen LogP contribution in [-0.4, -0.2) is 18.2 Å². The SMILES string of the molecule is C=C(Cl)CNCC(O)c1ccc(C(C)C)cc1. The molecular weight excluding hydrogens is 234 g/mol. The van der Waals surface area contributed by atoms with Crippen molar-refractivity contribution < 1.29 is 5.11 Å². The minimum Gasteiger partial charge on any atom is -0.387 e. The Labute approximate surface area is 108 Å². The third-order valence-electron chi connectivity index (χ3n) is 2.64. The normalized spacial score (nSPS) is 12.8. The highest BCUT2D eigenvalue weighted by molar-refractivity contribution is 6.29.